The number of thiazole rings is 1. The lowest BCUT2D eigenvalue weighted by atomic mass is 10.1. The maximum atomic E-state index is 12.1. The minimum atomic E-state index is -0.320. The number of hydrogen-bond donors (Lipinski definition) is 2. The van der Waals surface area contributed by atoms with Gasteiger partial charge in [-0.2, -0.15) is 0 Å². The molecule has 0 aliphatic carbocycles. The smallest absolute Gasteiger partial charge is 0.248 e. The van der Waals surface area contributed by atoms with Gasteiger partial charge in [0, 0.05) is 11.1 Å². The van der Waals surface area contributed by atoms with Gasteiger partial charge in [-0.05, 0) is 44.9 Å². The number of anilines is 2. The van der Waals surface area contributed by atoms with Crippen molar-refractivity contribution in [3.05, 3.63) is 40.4 Å². The van der Waals surface area contributed by atoms with E-state index in [0.717, 1.165) is 16.9 Å². The number of rotatable bonds is 4. The Kier molecular flexibility index (Phi) is 4.39. The normalized spacial score (nSPS) is 12.0. The average molecular weight is 289 g/mol. The fourth-order valence-corrected chi connectivity index (χ4v) is 2.52. The van der Waals surface area contributed by atoms with Crippen molar-refractivity contribution in [1.29, 1.82) is 0 Å². The summed E-state index contributed by atoms with van der Waals surface area (Å²) in [5.41, 5.74) is 4.28. The van der Waals surface area contributed by atoms with Crippen LogP contribution in [-0.4, -0.2) is 16.9 Å². The summed E-state index contributed by atoms with van der Waals surface area (Å²) in [6.07, 6.45) is 0. The Bertz CT molecular complexity index is 621. The molecule has 1 aromatic heterocycles. The standard InChI is InChI=1S/C15H19N3OS/c1-9-6-5-7-13(11(9)3)17-12(4)14(19)18-15-16-10(2)8-20-15/h5-8,12,17H,1-4H3,(H,16,18,19)/t12-/m0/s1. The van der Waals surface area contributed by atoms with Gasteiger partial charge in [0.15, 0.2) is 5.13 Å². The lowest BCUT2D eigenvalue weighted by molar-refractivity contribution is -0.116. The molecule has 0 saturated heterocycles. The highest BCUT2D eigenvalue weighted by molar-refractivity contribution is 7.13. The van der Waals surface area contributed by atoms with Crippen LogP contribution in [0.3, 0.4) is 0 Å². The molecule has 0 spiro atoms. The van der Waals surface area contributed by atoms with Gasteiger partial charge in [0.25, 0.3) is 0 Å². The third kappa shape index (κ3) is 3.36. The number of nitrogens with zero attached hydrogens (tertiary/aromatic N) is 1. The van der Waals surface area contributed by atoms with E-state index < -0.39 is 0 Å². The summed E-state index contributed by atoms with van der Waals surface area (Å²) in [6, 6.07) is 5.71. The van der Waals surface area contributed by atoms with Crippen molar-refractivity contribution in [2.24, 2.45) is 0 Å². The van der Waals surface area contributed by atoms with Crippen molar-refractivity contribution >= 4 is 28.1 Å². The van der Waals surface area contributed by atoms with E-state index in [1.807, 2.05) is 38.3 Å². The summed E-state index contributed by atoms with van der Waals surface area (Å²) in [7, 11) is 0. The van der Waals surface area contributed by atoms with E-state index in [0.29, 0.717) is 5.13 Å². The summed E-state index contributed by atoms with van der Waals surface area (Å²) in [5.74, 6) is -0.0831. The maximum absolute atomic E-state index is 12.1. The van der Waals surface area contributed by atoms with E-state index in [4.69, 9.17) is 0 Å². The zero-order chi connectivity index (χ0) is 14.7. The fourth-order valence-electron chi connectivity index (χ4n) is 1.83. The first-order chi connectivity index (χ1) is 9.47. The van der Waals surface area contributed by atoms with Gasteiger partial charge in [-0.25, -0.2) is 4.98 Å². The first-order valence-electron chi connectivity index (χ1n) is 6.53. The van der Waals surface area contributed by atoms with Gasteiger partial charge in [0.05, 0.1) is 5.69 Å². The number of hydrogen-bond acceptors (Lipinski definition) is 4. The van der Waals surface area contributed by atoms with Crippen LogP contribution in [0, 0.1) is 20.8 Å². The van der Waals surface area contributed by atoms with Crippen LogP contribution in [0.15, 0.2) is 23.6 Å². The Morgan fingerprint density at radius 1 is 1.30 bits per heavy atom. The Morgan fingerprint density at radius 3 is 2.70 bits per heavy atom. The molecule has 20 heavy (non-hydrogen) atoms. The zero-order valence-corrected chi connectivity index (χ0v) is 13.0. The SMILES string of the molecule is Cc1csc(NC(=O)[C@H](C)Nc2cccc(C)c2C)n1. The second-order valence-electron chi connectivity index (χ2n) is 4.90. The van der Waals surface area contributed by atoms with E-state index in [-0.39, 0.29) is 11.9 Å². The molecule has 2 aromatic rings. The van der Waals surface area contributed by atoms with Crippen molar-refractivity contribution < 1.29 is 4.79 Å². The highest BCUT2D eigenvalue weighted by Gasteiger charge is 2.15. The molecule has 4 nitrogen and oxygen atoms in total. The molecule has 0 aliphatic heterocycles. The zero-order valence-electron chi connectivity index (χ0n) is 12.2. The van der Waals surface area contributed by atoms with Crippen molar-refractivity contribution in [2.75, 3.05) is 10.6 Å². The Morgan fingerprint density at radius 2 is 2.05 bits per heavy atom. The number of benzene rings is 1. The van der Waals surface area contributed by atoms with Crippen LogP contribution >= 0.6 is 11.3 Å². The lowest BCUT2D eigenvalue weighted by Gasteiger charge is -2.17. The summed E-state index contributed by atoms with van der Waals surface area (Å²) in [6.45, 7) is 7.86. The molecule has 1 amide bonds. The van der Waals surface area contributed by atoms with Crippen LogP contribution in [0.1, 0.15) is 23.7 Å². The molecule has 106 valence electrons. The second-order valence-corrected chi connectivity index (χ2v) is 5.75. The molecule has 0 fully saturated rings. The summed E-state index contributed by atoms with van der Waals surface area (Å²) >= 11 is 1.44. The molecule has 0 bridgehead atoms. The van der Waals surface area contributed by atoms with Crippen molar-refractivity contribution in [3.63, 3.8) is 0 Å². The predicted octanol–water partition coefficient (Wildman–Crippen LogP) is 3.51. The summed E-state index contributed by atoms with van der Waals surface area (Å²) in [4.78, 5) is 16.3. The Labute approximate surface area is 123 Å². The topological polar surface area (TPSA) is 54.0 Å². The largest absolute Gasteiger partial charge is 0.374 e. The van der Waals surface area contributed by atoms with Crippen molar-refractivity contribution in [3.8, 4) is 0 Å². The van der Waals surface area contributed by atoms with E-state index in [2.05, 4.69) is 28.6 Å². The molecule has 0 unspecified atom stereocenters. The molecule has 0 saturated carbocycles. The average Bonchev–Trinajstić information content (AvgIpc) is 2.80. The first-order valence-corrected chi connectivity index (χ1v) is 7.41. The highest BCUT2D eigenvalue weighted by atomic mass is 32.1. The van der Waals surface area contributed by atoms with E-state index in [1.165, 1.54) is 16.9 Å². The third-order valence-electron chi connectivity index (χ3n) is 3.22. The number of nitrogens with one attached hydrogen (secondary N) is 2. The number of carbonyl (C=O) groups excluding carboxylic acids is 1. The van der Waals surface area contributed by atoms with Crippen LogP contribution in [0.4, 0.5) is 10.8 Å². The van der Waals surface area contributed by atoms with Crippen molar-refractivity contribution in [2.45, 2.75) is 33.7 Å². The fraction of sp³-hybridized carbons (Fsp3) is 0.333. The molecule has 1 aromatic carbocycles. The molecule has 5 heteroatoms. The molecule has 0 radical (unpaired) electrons. The number of aromatic nitrogens is 1. The van der Waals surface area contributed by atoms with Gasteiger partial charge in [-0.1, -0.05) is 12.1 Å². The predicted molar refractivity (Wildman–Crippen MR) is 84.5 cm³/mol. The third-order valence-corrected chi connectivity index (χ3v) is 4.09. The summed E-state index contributed by atoms with van der Waals surface area (Å²) < 4.78 is 0. The quantitative estimate of drug-likeness (QED) is 0.905. The van der Waals surface area contributed by atoms with Gasteiger partial charge < -0.3 is 10.6 Å². The molecule has 0 aliphatic rings. The Hall–Kier alpha value is -1.88. The van der Waals surface area contributed by atoms with Crippen LogP contribution in [0.25, 0.3) is 0 Å². The van der Waals surface area contributed by atoms with Gasteiger partial charge in [-0.15, -0.1) is 11.3 Å². The van der Waals surface area contributed by atoms with Gasteiger partial charge in [0.1, 0.15) is 6.04 Å². The van der Waals surface area contributed by atoms with Gasteiger partial charge >= 0.3 is 0 Å². The van der Waals surface area contributed by atoms with Gasteiger partial charge in [0.2, 0.25) is 5.91 Å². The number of carbonyl (C=O) groups is 1. The van der Waals surface area contributed by atoms with Crippen LogP contribution < -0.4 is 10.6 Å². The minimum absolute atomic E-state index is 0.0831. The lowest BCUT2D eigenvalue weighted by Crippen LogP contribution is -2.32. The van der Waals surface area contributed by atoms with Crippen molar-refractivity contribution in [1.82, 2.24) is 4.98 Å². The maximum Gasteiger partial charge on any atom is 0.248 e. The molecular weight excluding hydrogens is 270 g/mol. The molecule has 2 rings (SSSR count). The van der Waals surface area contributed by atoms with Gasteiger partial charge in [-0.3, -0.25) is 4.79 Å². The first kappa shape index (κ1) is 14.5. The molecular formula is C15H19N3OS. The highest BCUT2D eigenvalue weighted by Crippen LogP contribution is 2.19. The molecule has 2 N–H and O–H groups in total. The second kappa shape index (κ2) is 6.05. The van der Waals surface area contributed by atoms with E-state index in [1.54, 1.807) is 0 Å². The Balaban J connectivity index is 2.02. The van der Waals surface area contributed by atoms with Crippen LogP contribution in [0.2, 0.25) is 0 Å². The molecule has 1 heterocycles. The monoisotopic (exact) mass is 289 g/mol. The minimum Gasteiger partial charge on any atom is -0.374 e. The van der Waals surface area contributed by atoms with Crippen LogP contribution in [-0.2, 0) is 4.79 Å². The van der Waals surface area contributed by atoms with E-state index >= 15 is 0 Å². The van der Waals surface area contributed by atoms with Crippen LogP contribution in [0.5, 0.6) is 0 Å². The molecule has 1 atom stereocenters. The number of amides is 1. The summed E-state index contributed by atoms with van der Waals surface area (Å²) in [5, 5.41) is 8.62. The number of aryl methyl sites for hydroxylation is 2. The van der Waals surface area contributed by atoms with E-state index in [9.17, 15) is 4.79 Å².